The van der Waals surface area contributed by atoms with E-state index in [1.54, 1.807) is 23.1 Å². The van der Waals surface area contributed by atoms with Gasteiger partial charge in [-0.25, -0.2) is 5.43 Å². The second-order valence-electron chi connectivity index (χ2n) is 6.75. The topological polar surface area (TPSA) is 61.8 Å². The number of halogens is 2. The summed E-state index contributed by atoms with van der Waals surface area (Å²) in [5.41, 5.74) is 4.78. The minimum absolute atomic E-state index is 0.0170. The van der Waals surface area contributed by atoms with Crippen LogP contribution in [0, 0.1) is 12.8 Å². The molecule has 0 spiro atoms. The summed E-state index contributed by atoms with van der Waals surface area (Å²) in [4.78, 5) is 26.8. The summed E-state index contributed by atoms with van der Waals surface area (Å²) in [7, 11) is 0. The number of hydrazone groups is 1. The lowest BCUT2D eigenvalue weighted by molar-refractivity contribution is -0.126. The number of rotatable bonds is 4. The van der Waals surface area contributed by atoms with Crippen LogP contribution in [0.4, 0.5) is 0 Å². The van der Waals surface area contributed by atoms with Crippen molar-refractivity contribution in [2.24, 2.45) is 11.0 Å². The summed E-state index contributed by atoms with van der Waals surface area (Å²) >= 11 is 12.1. The van der Waals surface area contributed by atoms with Crippen molar-refractivity contribution in [3.63, 3.8) is 0 Å². The van der Waals surface area contributed by atoms with Gasteiger partial charge in [0.15, 0.2) is 0 Å². The van der Waals surface area contributed by atoms with E-state index in [4.69, 9.17) is 23.2 Å². The maximum atomic E-state index is 12.7. The molecule has 28 heavy (non-hydrogen) atoms. The van der Waals surface area contributed by atoms with Crippen LogP contribution in [0.3, 0.4) is 0 Å². The molecule has 1 saturated heterocycles. The number of hydrogen-bond acceptors (Lipinski definition) is 3. The summed E-state index contributed by atoms with van der Waals surface area (Å²) < 4.78 is 0. The Balaban J connectivity index is 1.53. The molecular formula is C21H21Cl2N3O2. The molecule has 0 aromatic heterocycles. The molecule has 5 nitrogen and oxygen atoms in total. The number of carbonyl (C=O) groups is 2. The van der Waals surface area contributed by atoms with Gasteiger partial charge in [0, 0.05) is 30.1 Å². The standard InChI is InChI=1S/C21H21Cl2N3O2/c1-14-5-2-3-6-16(14)21(28)26-11-9-15(10-12-26)20(27)25-24-13-17-18(22)7-4-8-19(17)23/h2-8,13,15H,9-12H2,1H3,(H,25,27)/b24-13-. The van der Waals surface area contributed by atoms with Gasteiger partial charge in [0.25, 0.3) is 5.91 Å². The highest BCUT2D eigenvalue weighted by Gasteiger charge is 2.28. The van der Waals surface area contributed by atoms with Crippen molar-refractivity contribution in [2.45, 2.75) is 19.8 Å². The zero-order chi connectivity index (χ0) is 20.1. The second-order valence-corrected chi connectivity index (χ2v) is 7.57. The molecular weight excluding hydrogens is 397 g/mol. The first-order valence-electron chi connectivity index (χ1n) is 9.09. The molecule has 146 valence electrons. The van der Waals surface area contributed by atoms with E-state index in [1.807, 2.05) is 31.2 Å². The third-order valence-corrected chi connectivity index (χ3v) is 5.56. The van der Waals surface area contributed by atoms with Gasteiger partial charge in [-0.05, 0) is 43.5 Å². The molecule has 1 N–H and O–H groups in total. The van der Waals surface area contributed by atoms with E-state index in [0.29, 0.717) is 47.1 Å². The lowest BCUT2D eigenvalue weighted by atomic mass is 9.95. The molecule has 0 saturated carbocycles. The van der Waals surface area contributed by atoms with Gasteiger partial charge in [-0.1, -0.05) is 47.5 Å². The number of hydrogen-bond donors (Lipinski definition) is 1. The molecule has 3 rings (SSSR count). The number of nitrogens with one attached hydrogen (secondary N) is 1. The number of aryl methyl sites for hydroxylation is 1. The molecule has 0 atom stereocenters. The van der Waals surface area contributed by atoms with E-state index in [2.05, 4.69) is 10.5 Å². The third kappa shape index (κ3) is 4.72. The average Bonchev–Trinajstić information content (AvgIpc) is 2.70. The predicted molar refractivity (Wildman–Crippen MR) is 112 cm³/mol. The SMILES string of the molecule is Cc1ccccc1C(=O)N1CCC(C(=O)N/N=C\c2c(Cl)cccc2Cl)CC1. The van der Waals surface area contributed by atoms with Crippen molar-refractivity contribution >= 4 is 41.2 Å². The van der Waals surface area contributed by atoms with Crippen LogP contribution in [0.25, 0.3) is 0 Å². The lowest BCUT2D eigenvalue weighted by Gasteiger charge is -2.31. The van der Waals surface area contributed by atoms with Gasteiger partial charge < -0.3 is 4.90 Å². The number of likely N-dealkylation sites (tertiary alicyclic amines) is 1. The van der Waals surface area contributed by atoms with Crippen molar-refractivity contribution in [1.82, 2.24) is 10.3 Å². The molecule has 0 aliphatic carbocycles. The smallest absolute Gasteiger partial charge is 0.254 e. The van der Waals surface area contributed by atoms with Crippen molar-refractivity contribution < 1.29 is 9.59 Å². The van der Waals surface area contributed by atoms with E-state index in [9.17, 15) is 9.59 Å². The first kappa shape index (κ1) is 20.4. The first-order chi connectivity index (χ1) is 13.5. The Morgan fingerprint density at radius 2 is 1.71 bits per heavy atom. The van der Waals surface area contributed by atoms with Crippen LogP contribution >= 0.6 is 23.2 Å². The van der Waals surface area contributed by atoms with E-state index < -0.39 is 0 Å². The predicted octanol–water partition coefficient (Wildman–Crippen LogP) is 4.30. The Morgan fingerprint density at radius 1 is 1.07 bits per heavy atom. The number of amides is 2. The Labute approximate surface area is 174 Å². The highest BCUT2D eigenvalue weighted by atomic mass is 35.5. The average molecular weight is 418 g/mol. The number of benzene rings is 2. The Hall–Kier alpha value is -2.37. The quantitative estimate of drug-likeness (QED) is 0.595. The molecule has 0 unspecified atom stereocenters. The molecule has 0 radical (unpaired) electrons. The fraction of sp³-hybridized carbons (Fsp3) is 0.286. The van der Waals surface area contributed by atoms with Crippen LogP contribution in [0.2, 0.25) is 10.0 Å². The fourth-order valence-corrected chi connectivity index (χ4v) is 3.71. The van der Waals surface area contributed by atoms with E-state index in [-0.39, 0.29) is 17.7 Å². The molecule has 2 aromatic rings. The van der Waals surface area contributed by atoms with Gasteiger partial charge in [-0.2, -0.15) is 5.10 Å². The number of carbonyl (C=O) groups excluding carboxylic acids is 2. The highest BCUT2D eigenvalue weighted by molar-refractivity contribution is 6.38. The van der Waals surface area contributed by atoms with Crippen LogP contribution in [0.15, 0.2) is 47.6 Å². The van der Waals surface area contributed by atoms with Crippen LogP contribution in [-0.2, 0) is 4.79 Å². The molecule has 2 amide bonds. The third-order valence-electron chi connectivity index (χ3n) is 4.90. The zero-order valence-electron chi connectivity index (χ0n) is 15.5. The second kappa shape index (κ2) is 9.22. The van der Waals surface area contributed by atoms with Crippen molar-refractivity contribution in [2.75, 3.05) is 13.1 Å². The van der Waals surface area contributed by atoms with Gasteiger partial charge in [-0.3, -0.25) is 9.59 Å². The normalized spacial score (nSPS) is 15.0. The van der Waals surface area contributed by atoms with Crippen molar-refractivity contribution in [1.29, 1.82) is 0 Å². The Morgan fingerprint density at radius 3 is 2.36 bits per heavy atom. The number of piperidine rings is 1. The Bertz CT molecular complexity index is 886. The van der Waals surface area contributed by atoms with Crippen LogP contribution < -0.4 is 5.43 Å². The summed E-state index contributed by atoms with van der Waals surface area (Å²) in [6, 6.07) is 12.7. The summed E-state index contributed by atoms with van der Waals surface area (Å²) in [6.45, 7) is 3.02. The van der Waals surface area contributed by atoms with Crippen LogP contribution in [0.1, 0.15) is 34.3 Å². The van der Waals surface area contributed by atoms with Gasteiger partial charge in [0.2, 0.25) is 5.91 Å². The molecule has 0 bridgehead atoms. The molecule has 7 heteroatoms. The molecule has 1 fully saturated rings. The molecule has 1 aliphatic heterocycles. The van der Waals surface area contributed by atoms with Crippen molar-refractivity contribution in [3.8, 4) is 0 Å². The fourth-order valence-electron chi connectivity index (χ4n) is 3.21. The highest BCUT2D eigenvalue weighted by Crippen LogP contribution is 2.23. The minimum atomic E-state index is -0.181. The lowest BCUT2D eigenvalue weighted by Crippen LogP contribution is -2.42. The van der Waals surface area contributed by atoms with E-state index in [0.717, 1.165) is 5.56 Å². The summed E-state index contributed by atoms with van der Waals surface area (Å²) in [5, 5.41) is 4.91. The van der Waals surface area contributed by atoms with Gasteiger partial charge in [0.05, 0.1) is 16.3 Å². The minimum Gasteiger partial charge on any atom is -0.339 e. The van der Waals surface area contributed by atoms with E-state index >= 15 is 0 Å². The van der Waals surface area contributed by atoms with Crippen LogP contribution in [-0.4, -0.2) is 36.0 Å². The largest absolute Gasteiger partial charge is 0.339 e. The molecule has 2 aromatic carbocycles. The maximum absolute atomic E-state index is 12.7. The summed E-state index contributed by atoms with van der Waals surface area (Å²) in [5.74, 6) is -0.328. The van der Waals surface area contributed by atoms with Crippen molar-refractivity contribution in [3.05, 3.63) is 69.2 Å². The van der Waals surface area contributed by atoms with Gasteiger partial charge in [-0.15, -0.1) is 0 Å². The monoisotopic (exact) mass is 417 g/mol. The van der Waals surface area contributed by atoms with E-state index in [1.165, 1.54) is 6.21 Å². The maximum Gasteiger partial charge on any atom is 0.254 e. The first-order valence-corrected chi connectivity index (χ1v) is 9.85. The molecule has 1 aliphatic rings. The van der Waals surface area contributed by atoms with Gasteiger partial charge in [0.1, 0.15) is 0 Å². The Kier molecular flexibility index (Phi) is 6.70. The summed E-state index contributed by atoms with van der Waals surface area (Å²) in [6.07, 6.45) is 2.65. The van der Waals surface area contributed by atoms with Gasteiger partial charge >= 0.3 is 0 Å². The molecule has 1 heterocycles. The van der Waals surface area contributed by atoms with Crippen LogP contribution in [0.5, 0.6) is 0 Å². The number of nitrogens with zero attached hydrogens (tertiary/aromatic N) is 2. The zero-order valence-corrected chi connectivity index (χ0v) is 17.0.